The van der Waals surface area contributed by atoms with Gasteiger partial charge in [0.15, 0.2) is 0 Å². The van der Waals surface area contributed by atoms with Crippen molar-refractivity contribution in [1.29, 1.82) is 0 Å². The molecule has 0 spiro atoms. The number of ether oxygens (including phenoxy) is 2. The molecule has 3 amide bonds. The van der Waals surface area contributed by atoms with Gasteiger partial charge < -0.3 is 14.4 Å². The summed E-state index contributed by atoms with van der Waals surface area (Å²) in [6.45, 7) is 6.34. The van der Waals surface area contributed by atoms with E-state index in [9.17, 15) is 14.4 Å². The monoisotopic (exact) mass is 454 g/mol. The highest BCUT2D eigenvalue weighted by Gasteiger charge is 2.39. The van der Waals surface area contributed by atoms with Crippen LogP contribution < -0.4 is 9.64 Å². The number of anilines is 1. The van der Waals surface area contributed by atoms with Crippen molar-refractivity contribution in [2.45, 2.75) is 45.1 Å². The van der Waals surface area contributed by atoms with Gasteiger partial charge in [0.1, 0.15) is 17.2 Å². The Balaban J connectivity index is 1.56. The molecule has 0 saturated carbocycles. The fraction of sp³-hybridized carbons (Fsp3) is 0.400. The van der Waals surface area contributed by atoms with E-state index in [4.69, 9.17) is 9.47 Å². The number of nitrogens with zero attached hydrogens (tertiary/aromatic N) is 2. The lowest BCUT2D eigenvalue weighted by Crippen LogP contribution is -2.41. The molecule has 0 bridgehead atoms. The molecule has 0 aromatic heterocycles. The second-order valence-electron chi connectivity index (χ2n) is 9.28. The van der Waals surface area contributed by atoms with Crippen molar-refractivity contribution in [1.82, 2.24) is 4.90 Å². The van der Waals surface area contributed by atoms with Crippen LogP contribution in [-0.4, -0.2) is 48.6 Å². The highest BCUT2D eigenvalue weighted by atomic mass is 19.1. The summed E-state index contributed by atoms with van der Waals surface area (Å²) in [5, 5.41) is 0. The summed E-state index contributed by atoms with van der Waals surface area (Å²) < 4.78 is 26.1. The van der Waals surface area contributed by atoms with Gasteiger partial charge in [-0.2, -0.15) is 0 Å². The number of rotatable bonds is 3. The number of carbonyl (C=O) groups excluding carboxylic acids is 3. The third-order valence-corrected chi connectivity index (χ3v) is 5.92. The van der Waals surface area contributed by atoms with Crippen molar-refractivity contribution < 1.29 is 28.2 Å². The molecule has 2 aliphatic rings. The van der Waals surface area contributed by atoms with Gasteiger partial charge in [0.05, 0.1) is 23.9 Å². The predicted octanol–water partition coefficient (Wildman–Crippen LogP) is 4.75. The van der Waals surface area contributed by atoms with Crippen LogP contribution in [0.1, 0.15) is 65.8 Å². The lowest BCUT2D eigenvalue weighted by molar-refractivity contribution is 0.0204. The zero-order chi connectivity index (χ0) is 23.9. The van der Waals surface area contributed by atoms with Crippen molar-refractivity contribution in [2.75, 3.05) is 25.1 Å². The maximum atomic E-state index is 15.3. The molecular formula is C25H27FN2O5. The van der Waals surface area contributed by atoms with E-state index in [0.29, 0.717) is 31.5 Å². The summed E-state index contributed by atoms with van der Waals surface area (Å²) in [5.74, 6) is -1.42. The molecule has 2 aromatic rings. The van der Waals surface area contributed by atoms with Gasteiger partial charge in [-0.05, 0) is 63.3 Å². The lowest BCUT2D eigenvalue weighted by atomic mass is 9.88. The van der Waals surface area contributed by atoms with Gasteiger partial charge in [-0.3, -0.25) is 9.59 Å². The number of hydrogen-bond acceptors (Lipinski definition) is 5. The zero-order valence-corrected chi connectivity index (χ0v) is 19.2. The first-order valence-corrected chi connectivity index (χ1v) is 10.9. The van der Waals surface area contributed by atoms with Crippen LogP contribution >= 0.6 is 0 Å². The maximum Gasteiger partial charge on any atom is 0.410 e. The Morgan fingerprint density at radius 2 is 1.61 bits per heavy atom. The highest BCUT2D eigenvalue weighted by molar-refractivity contribution is 6.34. The number of amides is 3. The molecule has 1 saturated heterocycles. The molecule has 2 aromatic carbocycles. The molecule has 1 fully saturated rings. The number of piperidine rings is 1. The minimum atomic E-state index is -0.576. The van der Waals surface area contributed by atoms with Crippen LogP contribution in [0.4, 0.5) is 14.9 Å². The van der Waals surface area contributed by atoms with Crippen LogP contribution in [0.2, 0.25) is 0 Å². The normalized spacial score (nSPS) is 16.8. The summed E-state index contributed by atoms with van der Waals surface area (Å²) in [4.78, 5) is 40.6. The van der Waals surface area contributed by atoms with Gasteiger partial charge in [-0.25, -0.2) is 14.1 Å². The van der Waals surface area contributed by atoms with Crippen LogP contribution in [0.3, 0.4) is 0 Å². The van der Waals surface area contributed by atoms with Crippen LogP contribution in [-0.2, 0) is 4.74 Å². The van der Waals surface area contributed by atoms with E-state index >= 15 is 4.39 Å². The standard InChI is InChI=1S/C25H27FN2O5/c1-25(2,3)33-24(31)27-11-9-15(10-12-27)18-13-21(32-4)20(14-19(18)26)28-22(29)16-7-5-6-8-17(16)23(28)30/h5-8,13-15H,9-12H2,1-4H3. The molecule has 0 N–H and O–H groups in total. The highest BCUT2D eigenvalue weighted by Crippen LogP contribution is 2.40. The number of imide groups is 1. The third-order valence-electron chi connectivity index (χ3n) is 5.92. The molecule has 0 unspecified atom stereocenters. The van der Waals surface area contributed by atoms with Gasteiger partial charge in [0, 0.05) is 19.2 Å². The zero-order valence-electron chi connectivity index (χ0n) is 19.2. The van der Waals surface area contributed by atoms with Gasteiger partial charge in [0.2, 0.25) is 0 Å². The van der Waals surface area contributed by atoms with E-state index in [1.165, 1.54) is 13.2 Å². The smallest absolute Gasteiger partial charge is 0.410 e. The number of likely N-dealkylation sites (tertiary alicyclic amines) is 1. The maximum absolute atomic E-state index is 15.3. The van der Waals surface area contributed by atoms with E-state index in [-0.39, 0.29) is 34.6 Å². The Bertz CT molecular complexity index is 1080. The SMILES string of the molecule is COc1cc(C2CCN(C(=O)OC(C)(C)C)CC2)c(F)cc1N1C(=O)c2ccccc2C1=O. The van der Waals surface area contributed by atoms with E-state index < -0.39 is 23.2 Å². The Kier molecular flexibility index (Phi) is 5.86. The molecule has 2 heterocycles. The van der Waals surface area contributed by atoms with Gasteiger partial charge in [-0.1, -0.05) is 12.1 Å². The average molecular weight is 454 g/mol. The van der Waals surface area contributed by atoms with Crippen molar-refractivity contribution in [3.8, 4) is 5.75 Å². The van der Waals surface area contributed by atoms with Crippen LogP contribution in [0.5, 0.6) is 5.75 Å². The summed E-state index contributed by atoms with van der Waals surface area (Å²) in [7, 11) is 1.42. The Morgan fingerprint density at radius 1 is 1.03 bits per heavy atom. The first kappa shape index (κ1) is 22.8. The Labute approximate surface area is 192 Å². The predicted molar refractivity (Wildman–Crippen MR) is 120 cm³/mol. The molecule has 7 nitrogen and oxygen atoms in total. The molecule has 4 rings (SSSR count). The minimum absolute atomic E-state index is 0.0798. The summed E-state index contributed by atoms with van der Waals surface area (Å²) in [6, 6.07) is 9.25. The number of carbonyl (C=O) groups is 3. The topological polar surface area (TPSA) is 76.2 Å². The van der Waals surface area contributed by atoms with Crippen LogP contribution in [0, 0.1) is 5.82 Å². The van der Waals surface area contributed by atoms with Gasteiger partial charge in [0.25, 0.3) is 11.8 Å². The number of hydrogen-bond donors (Lipinski definition) is 0. The number of benzene rings is 2. The fourth-order valence-corrected chi connectivity index (χ4v) is 4.32. The second kappa shape index (κ2) is 8.50. The summed E-state index contributed by atoms with van der Waals surface area (Å²) >= 11 is 0. The molecule has 174 valence electrons. The molecule has 0 aliphatic carbocycles. The van der Waals surface area contributed by atoms with Gasteiger partial charge >= 0.3 is 6.09 Å². The van der Waals surface area contributed by atoms with Crippen molar-refractivity contribution in [3.05, 3.63) is 58.9 Å². The summed E-state index contributed by atoms with van der Waals surface area (Å²) in [6.07, 6.45) is 0.747. The van der Waals surface area contributed by atoms with Crippen molar-refractivity contribution in [3.63, 3.8) is 0 Å². The van der Waals surface area contributed by atoms with E-state index in [0.717, 1.165) is 4.90 Å². The van der Waals surface area contributed by atoms with E-state index in [1.54, 1.807) is 35.2 Å². The van der Waals surface area contributed by atoms with Crippen molar-refractivity contribution >= 4 is 23.6 Å². The largest absolute Gasteiger partial charge is 0.495 e. The van der Waals surface area contributed by atoms with E-state index in [1.807, 2.05) is 20.8 Å². The third kappa shape index (κ3) is 4.29. The minimum Gasteiger partial charge on any atom is -0.495 e. The van der Waals surface area contributed by atoms with Crippen LogP contribution in [0.25, 0.3) is 0 Å². The summed E-state index contributed by atoms with van der Waals surface area (Å²) in [5.41, 5.74) is 0.507. The molecule has 0 atom stereocenters. The van der Waals surface area contributed by atoms with Crippen molar-refractivity contribution in [2.24, 2.45) is 0 Å². The molecule has 2 aliphatic heterocycles. The molecule has 33 heavy (non-hydrogen) atoms. The van der Waals surface area contributed by atoms with Crippen LogP contribution in [0.15, 0.2) is 36.4 Å². The second-order valence-corrected chi connectivity index (χ2v) is 9.28. The number of fused-ring (bicyclic) bond motifs is 1. The molecule has 0 radical (unpaired) electrons. The fourth-order valence-electron chi connectivity index (χ4n) is 4.32. The first-order valence-electron chi connectivity index (χ1n) is 10.9. The van der Waals surface area contributed by atoms with E-state index in [2.05, 4.69) is 0 Å². The molecular weight excluding hydrogens is 427 g/mol. The Hall–Kier alpha value is -3.42. The number of methoxy groups -OCH3 is 1. The average Bonchev–Trinajstić information content (AvgIpc) is 3.03. The number of halogens is 1. The first-order chi connectivity index (χ1) is 15.6. The molecule has 8 heteroatoms. The Morgan fingerprint density at radius 3 is 2.12 bits per heavy atom. The van der Waals surface area contributed by atoms with Gasteiger partial charge in [-0.15, -0.1) is 0 Å². The quantitative estimate of drug-likeness (QED) is 0.626. The lowest BCUT2D eigenvalue weighted by Gasteiger charge is -2.34.